The highest BCUT2D eigenvalue weighted by Crippen LogP contribution is 2.27. The largest absolute Gasteiger partial charge is 0.381 e. The van der Waals surface area contributed by atoms with E-state index < -0.39 is 0 Å². The molecular formula is C14H18N2OS. The average Bonchev–Trinajstić information content (AvgIpc) is 2.79. The number of ether oxygens (including phenoxy) is 1. The molecule has 0 saturated carbocycles. The molecule has 1 aromatic heterocycles. The van der Waals surface area contributed by atoms with E-state index in [9.17, 15) is 0 Å². The smallest absolute Gasteiger partial charge is 0.183 e. The van der Waals surface area contributed by atoms with Crippen LogP contribution < -0.4 is 5.32 Å². The summed E-state index contributed by atoms with van der Waals surface area (Å²) in [6.45, 7) is 4.95. The summed E-state index contributed by atoms with van der Waals surface area (Å²) in [5.41, 5.74) is 2.39. The van der Waals surface area contributed by atoms with E-state index in [0.717, 1.165) is 49.2 Å². The Kier molecular flexibility index (Phi) is 3.48. The topological polar surface area (TPSA) is 34.2 Å². The molecule has 2 aromatic rings. The van der Waals surface area contributed by atoms with Crippen molar-refractivity contribution in [2.75, 3.05) is 25.1 Å². The van der Waals surface area contributed by atoms with Gasteiger partial charge in [-0.2, -0.15) is 0 Å². The maximum absolute atomic E-state index is 5.37. The molecule has 1 saturated heterocycles. The molecule has 1 fully saturated rings. The standard InChI is InChI=1S/C14H18N2OS/c1-10-2-3-12-13(8-10)18-14(16-12)15-9-11-4-6-17-7-5-11/h2-3,8,11H,4-7,9H2,1H3,(H,15,16). The van der Waals surface area contributed by atoms with E-state index >= 15 is 0 Å². The maximum Gasteiger partial charge on any atom is 0.183 e. The summed E-state index contributed by atoms with van der Waals surface area (Å²) in [4.78, 5) is 4.61. The molecule has 3 nitrogen and oxygen atoms in total. The fourth-order valence-electron chi connectivity index (χ4n) is 2.29. The predicted octanol–water partition coefficient (Wildman–Crippen LogP) is 3.44. The number of nitrogens with one attached hydrogen (secondary N) is 1. The van der Waals surface area contributed by atoms with E-state index in [0.29, 0.717) is 0 Å². The average molecular weight is 262 g/mol. The third-order valence-corrected chi connectivity index (χ3v) is 4.40. The lowest BCUT2D eigenvalue weighted by Crippen LogP contribution is -2.22. The van der Waals surface area contributed by atoms with Crippen molar-refractivity contribution in [3.63, 3.8) is 0 Å². The van der Waals surface area contributed by atoms with Crippen LogP contribution in [-0.4, -0.2) is 24.7 Å². The van der Waals surface area contributed by atoms with Gasteiger partial charge in [0, 0.05) is 19.8 Å². The number of aromatic nitrogens is 1. The first-order chi connectivity index (χ1) is 8.81. The van der Waals surface area contributed by atoms with Crippen LogP contribution in [0.15, 0.2) is 18.2 Å². The lowest BCUT2D eigenvalue weighted by atomic mass is 10.0. The molecule has 0 unspecified atom stereocenters. The van der Waals surface area contributed by atoms with Gasteiger partial charge in [-0.15, -0.1) is 0 Å². The van der Waals surface area contributed by atoms with Gasteiger partial charge in [-0.05, 0) is 43.4 Å². The van der Waals surface area contributed by atoms with E-state index in [1.807, 2.05) is 0 Å². The van der Waals surface area contributed by atoms with E-state index in [4.69, 9.17) is 4.74 Å². The van der Waals surface area contributed by atoms with Gasteiger partial charge in [0.25, 0.3) is 0 Å². The normalized spacial score (nSPS) is 17.2. The number of hydrogen-bond donors (Lipinski definition) is 1. The van der Waals surface area contributed by atoms with E-state index in [-0.39, 0.29) is 0 Å². The molecule has 4 heteroatoms. The molecule has 0 amide bonds. The molecule has 1 aliphatic rings. The maximum atomic E-state index is 5.37. The molecular weight excluding hydrogens is 244 g/mol. The lowest BCUT2D eigenvalue weighted by molar-refractivity contribution is 0.0699. The van der Waals surface area contributed by atoms with Gasteiger partial charge in [-0.25, -0.2) is 4.98 Å². The van der Waals surface area contributed by atoms with Gasteiger partial charge in [0.2, 0.25) is 0 Å². The molecule has 0 atom stereocenters. The Labute approximate surface area is 111 Å². The number of fused-ring (bicyclic) bond motifs is 1. The van der Waals surface area contributed by atoms with Crippen molar-refractivity contribution in [1.29, 1.82) is 0 Å². The number of aryl methyl sites for hydroxylation is 1. The second-order valence-electron chi connectivity index (χ2n) is 4.93. The first-order valence-electron chi connectivity index (χ1n) is 6.50. The summed E-state index contributed by atoms with van der Waals surface area (Å²) in [6.07, 6.45) is 2.33. The highest BCUT2D eigenvalue weighted by atomic mass is 32.1. The monoisotopic (exact) mass is 262 g/mol. The van der Waals surface area contributed by atoms with Crippen LogP contribution in [0.25, 0.3) is 10.2 Å². The minimum Gasteiger partial charge on any atom is -0.381 e. The summed E-state index contributed by atoms with van der Waals surface area (Å²) in [5, 5.41) is 4.52. The van der Waals surface area contributed by atoms with Crippen LogP contribution in [0, 0.1) is 12.8 Å². The van der Waals surface area contributed by atoms with Gasteiger partial charge in [-0.1, -0.05) is 17.4 Å². The third-order valence-electron chi connectivity index (χ3n) is 3.43. The van der Waals surface area contributed by atoms with Crippen molar-refractivity contribution in [3.8, 4) is 0 Å². The Morgan fingerprint density at radius 1 is 1.39 bits per heavy atom. The second kappa shape index (κ2) is 5.24. The van der Waals surface area contributed by atoms with Crippen LogP contribution in [0.3, 0.4) is 0 Å². The zero-order valence-electron chi connectivity index (χ0n) is 10.6. The van der Waals surface area contributed by atoms with Gasteiger partial charge in [0.05, 0.1) is 10.2 Å². The fourth-order valence-corrected chi connectivity index (χ4v) is 3.26. The summed E-state index contributed by atoms with van der Waals surface area (Å²) < 4.78 is 6.64. The first-order valence-corrected chi connectivity index (χ1v) is 7.32. The zero-order chi connectivity index (χ0) is 12.4. The minimum absolute atomic E-state index is 0.729. The van der Waals surface area contributed by atoms with Crippen LogP contribution >= 0.6 is 11.3 Å². The molecule has 0 aliphatic carbocycles. The van der Waals surface area contributed by atoms with E-state index in [1.165, 1.54) is 10.3 Å². The van der Waals surface area contributed by atoms with Gasteiger partial charge in [0.15, 0.2) is 5.13 Å². The van der Waals surface area contributed by atoms with E-state index in [2.05, 4.69) is 35.4 Å². The van der Waals surface area contributed by atoms with Crippen molar-refractivity contribution in [3.05, 3.63) is 23.8 Å². The Hall–Kier alpha value is -1.13. The highest BCUT2D eigenvalue weighted by Gasteiger charge is 2.14. The van der Waals surface area contributed by atoms with Crippen molar-refractivity contribution >= 4 is 26.7 Å². The van der Waals surface area contributed by atoms with E-state index in [1.54, 1.807) is 11.3 Å². The fraction of sp³-hybridized carbons (Fsp3) is 0.500. The Bertz CT molecular complexity index is 532. The Morgan fingerprint density at radius 2 is 2.22 bits per heavy atom. The van der Waals surface area contributed by atoms with Crippen molar-refractivity contribution < 1.29 is 4.74 Å². The van der Waals surface area contributed by atoms with Crippen LogP contribution in [0.2, 0.25) is 0 Å². The molecule has 96 valence electrons. The molecule has 0 radical (unpaired) electrons. The Morgan fingerprint density at radius 3 is 3.06 bits per heavy atom. The molecule has 1 N–H and O–H groups in total. The number of nitrogens with zero attached hydrogens (tertiary/aromatic N) is 1. The minimum atomic E-state index is 0.729. The second-order valence-corrected chi connectivity index (χ2v) is 5.96. The van der Waals surface area contributed by atoms with Crippen molar-refractivity contribution in [2.24, 2.45) is 5.92 Å². The molecule has 0 spiro atoms. The van der Waals surface area contributed by atoms with Crippen LogP contribution in [0.5, 0.6) is 0 Å². The molecule has 2 heterocycles. The number of rotatable bonds is 3. The number of benzene rings is 1. The summed E-state index contributed by atoms with van der Waals surface area (Å²) in [6, 6.07) is 6.41. The molecule has 3 rings (SSSR count). The molecule has 1 aliphatic heterocycles. The van der Waals surface area contributed by atoms with Gasteiger partial charge in [0.1, 0.15) is 0 Å². The van der Waals surface area contributed by atoms with Crippen molar-refractivity contribution in [1.82, 2.24) is 4.98 Å². The molecule has 18 heavy (non-hydrogen) atoms. The highest BCUT2D eigenvalue weighted by molar-refractivity contribution is 7.22. The third kappa shape index (κ3) is 2.65. The quantitative estimate of drug-likeness (QED) is 0.920. The SMILES string of the molecule is Cc1ccc2nc(NCC3CCOCC3)sc2c1. The van der Waals surface area contributed by atoms with Crippen LogP contribution in [-0.2, 0) is 4.74 Å². The number of anilines is 1. The zero-order valence-corrected chi connectivity index (χ0v) is 11.4. The number of thiazole rings is 1. The van der Waals surface area contributed by atoms with Gasteiger partial charge >= 0.3 is 0 Å². The summed E-state index contributed by atoms with van der Waals surface area (Å²) in [7, 11) is 0. The van der Waals surface area contributed by atoms with Gasteiger partial charge in [-0.3, -0.25) is 0 Å². The van der Waals surface area contributed by atoms with Crippen LogP contribution in [0.1, 0.15) is 18.4 Å². The van der Waals surface area contributed by atoms with Gasteiger partial charge < -0.3 is 10.1 Å². The molecule has 1 aromatic carbocycles. The lowest BCUT2D eigenvalue weighted by Gasteiger charge is -2.21. The van der Waals surface area contributed by atoms with Crippen LogP contribution in [0.4, 0.5) is 5.13 Å². The summed E-state index contributed by atoms with van der Waals surface area (Å²) >= 11 is 1.75. The number of hydrogen-bond acceptors (Lipinski definition) is 4. The molecule has 0 bridgehead atoms. The van der Waals surface area contributed by atoms with Crippen molar-refractivity contribution in [2.45, 2.75) is 19.8 Å². The predicted molar refractivity (Wildman–Crippen MR) is 76.4 cm³/mol. The Balaban J connectivity index is 1.67. The summed E-state index contributed by atoms with van der Waals surface area (Å²) in [5.74, 6) is 0.729. The first kappa shape index (κ1) is 11.9.